The van der Waals surface area contributed by atoms with Gasteiger partial charge in [0.2, 0.25) is 0 Å². The van der Waals surface area contributed by atoms with Crippen LogP contribution in [0.4, 0.5) is 14.9 Å². The second-order valence-electron chi connectivity index (χ2n) is 10.6. The molecule has 1 aromatic heterocycles. The van der Waals surface area contributed by atoms with Crippen molar-refractivity contribution in [3.8, 4) is 5.75 Å². The third-order valence-electron chi connectivity index (χ3n) is 8.33. The van der Waals surface area contributed by atoms with Crippen LogP contribution in [0.2, 0.25) is 0 Å². The van der Waals surface area contributed by atoms with Crippen molar-refractivity contribution in [1.29, 1.82) is 0 Å². The zero-order valence-corrected chi connectivity index (χ0v) is 22.0. The van der Waals surface area contributed by atoms with E-state index in [1.165, 1.54) is 23.3 Å². The maximum absolute atomic E-state index is 13.6. The van der Waals surface area contributed by atoms with Gasteiger partial charge < -0.3 is 25.0 Å². The number of aliphatic hydroxyl groups is 1. The molecule has 7 nitrogen and oxygen atoms in total. The molecule has 202 valence electrons. The van der Waals surface area contributed by atoms with E-state index in [1.807, 2.05) is 35.2 Å². The Balaban J connectivity index is 1.33. The van der Waals surface area contributed by atoms with Crippen molar-refractivity contribution in [2.24, 2.45) is 0 Å². The largest absolute Gasteiger partial charge is 0.497 e. The fraction of sp³-hybridized carbons (Fsp3) is 0.323. The molecule has 4 aromatic rings. The number of piperidine rings is 1. The number of hydrogen-bond acceptors (Lipinski definition) is 4. The van der Waals surface area contributed by atoms with Gasteiger partial charge in [0.1, 0.15) is 11.6 Å². The van der Waals surface area contributed by atoms with Crippen LogP contribution in [-0.4, -0.2) is 59.3 Å². The van der Waals surface area contributed by atoms with E-state index in [2.05, 4.69) is 33.4 Å². The summed E-state index contributed by atoms with van der Waals surface area (Å²) in [6.45, 7) is 2.65. The van der Waals surface area contributed by atoms with E-state index in [9.17, 15) is 14.3 Å². The maximum Gasteiger partial charge on any atom is 0.321 e. The Labute approximate surface area is 227 Å². The van der Waals surface area contributed by atoms with Gasteiger partial charge in [0.05, 0.1) is 19.8 Å². The van der Waals surface area contributed by atoms with Crippen LogP contribution in [0.5, 0.6) is 5.75 Å². The predicted molar refractivity (Wildman–Crippen MR) is 149 cm³/mol. The lowest BCUT2D eigenvalue weighted by molar-refractivity contribution is 0.0495. The van der Waals surface area contributed by atoms with Crippen LogP contribution in [0.3, 0.4) is 0 Å². The number of hydrogen-bond donors (Lipinski definition) is 3. The normalized spacial score (nSPS) is 18.7. The number of likely N-dealkylation sites (tertiary alicyclic amines) is 1. The third-order valence-corrected chi connectivity index (χ3v) is 8.33. The van der Waals surface area contributed by atoms with Crippen LogP contribution in [0, 0.1) is 5.82 Å². The molecule has 2 aliphatic heterocycles. The lowest BCUT2D eigenvalue weighted by atomic mass is 9.68. The summed E-state index contributed by atoms with van der Waals surface area (Å²) in [5, 5.41) is 14.6. The van der Waals surface area contributed by atoms with Crippen molar-refractivity contribution in [3.05, 3.63) is 95.4 Å². The van der Waals surface area contributed by atoms with Crippen molar-refractivity contribution in [3.63, 3.8) is 0 Å². The molecule has 3 N–H and O–H groups in total. The summed E-state index contributed by atoms with van der Waals surface area (Å²) >= 11 is 0. The first-order valence-electron chi connectivity index (χ1n) is 13.4. The summed E-state index contributed by atoms with van der Waals surface area (Å²) in [6.07, 6.45) is 1.55. The van der Waals surface area contributed by atoms with Gasteiger partial charge in [-0.2, -0.15) is 0 Å². The number of amides is 2. The van der Waals surface area contributed by atoms with Crippen molar-refractivity contribution < 1.29 is 19.0 Å². The molecule has 39 heavy (non-hydrogen) atoms. The maximum atomic E-state index is 13.6. The number of benzene rings is 3. The highest BCUT2D eigenvalue weighted by Crippen LogP contribution is 2.49. The lowest BCUT2D eigenvalue weighted by Crippen LogP contribution is -2.54. The molecule has 0 bridgehead atoms. The molecular weight excluding hydrogens is 495 g/mol. The van der Waals surface area contributed by atoms with E-state index in [1.54, 1.807) is 19.2 Å². The van der Waals surface area contributed by atoms with E-state index in [0.717, 1.165) is 48.3 Å². The van der Waals surface area contributed by atoms with Gasteiger partial charge in [-0.3, -0.25) is 4.90 Å². The number of H-pyrrole nitrogens is 1. The van der Waals surface area contributed by atoms with Gasteiger partial charge in [-0.05, 0) is 54.3 Å². The first-order chi connectivity index (χ1) is 19.0. The number of urea groups is 1. The van der Waals surface area contributed by atoms with E-state index in [4.69, 9.17) is 4.74 Å². The van der Waals surface area contributed by atoms with Gasteiger partial charge >= 0.3 is 6.03 Å². The smallest absolute Gasteiger partial charge is 0.321 e. The van der Waals surface area contributed by atoms with E-state index >= 15 is 0 Å². The number of rotatable bonds is 5. The third kappa shape index (κ3) is 4.75. The SMILES string of the molecule is COc1ccc2c3c([nH]c2c1)[C@H](CO)N(Cc1ccccc1)CC31CCN(C(=O)Nc2cccc(F)c2)CC1. The Kier molecular flexibility index (Phi) is 6.74. The molecule has 0 unspecified atom stereocenters. The standard InChI is InChI=1S/C31H33FN4O3/c1-39-24-10-11-25-26(17-24)34-29-27(19-37)36(18-21-6-3-2-4-7-21)20-31(28(25)29)12-14-35(15-13-31)30(38)33-23-9-5-8-22(32)16-23/h2-11,16-17,27,34,37H,12-15,18-20H2,1H3,(H,33,38)/t27-/m0/s1. The second kappa shape index (κ2) is 10.4. The highest BCUT2D eigenvalue weighted by atomic mass is 19.1. The van der Waals surface area contributed by atoms with Crippen molar-refractivity contribution in [2.75, 3.05) is 38.7 Å². The topological polar surface area (TPSA) is 80.8 Å². The first kappa shape index (κ1) is 25.4. The molecule has 0 radical (unpaired) electrons. The fourth-order valence-corrected chi connectivity index (χ4v) is 6.41. The summed E-state index contributed by atoms with van der Waals surface area (Å²) in [5.41, 5.74) is 4.72. The van der Waals surface area contributed by atoms with Gasteiger partial charge in [0, 0.05) is 59.9 Å². The highest BCUT2D eigenvalue weighted by Gasteiger charge is 2.47. The number of carbonyl (C=O) groups excluding carboxylic acids is 1. The Hall–Kier alpha value is -3.88. The van der Waals surface area contributed by atoms with Crippen LogP contribution in [0.25, 0.3) is 10.9 Å². The quantitative estimate of drug-likeness (QED) is 0.323. The average Bonchev–Trinajstić information content (AvgIpc) is 3.33. The Morgan fingerprint density at radius 2 is 1.90 bits per heavy atom. The number of carbonyl (C=O) groups is 1. The number of fused-ring (bicyclic) bond motifs is 4. The predicted octanol–water partition coefficient (Wildman–Crippen LogP) is 5.43. The Bertz CT molecular complexity index is 1480. The molecule has 1 spiro atoms. The zero-order chi connectivity index (χ0) is 27.0. The van der Waals surface area contributed by atoms with Crippen LogP contribution < -0.4 is 10.1 Å². The number of aliphatic hydroxyl groups excluding tert-OH is 1. The summed E-state index contributed by atoms with van der Waals surface area (Å²) in [7, 11) is 1.66. The number of methoxy groups -OCH3 is 1. The van der Waals surface area contributed by atoms with E-state index in [0.29, 0.717) is 18.8 Å². The lowest BCUT2D eigenvalue weighted by Gasteiger charge is -2.50. The summed E-state index contributed by atoms with van der Waals surface area (Å²) in [5.74, 6) is 0.397. The zero-order valence-electron chi connectivity index (χ0n) is 22.0. The summed E-state index contributed by atoms with van der Waals surface area (Å²) < 4.78 is 19.1. The number of anilines is 1. The summed E-state index contributed by atoms with van der Waals surface area (Å²) in [6, 6.07) is 22.0. The Morgan fingerprint density at radius 1 is 1.10 bits per heavy atom. The first-order valence-corrected chi connectivity index (χ1v) is 13.4. The Morgan fingerprint density at radius 3 is 2.62 bits per heavy atom. The summed E-state index contributed by atoms with van der Waals surface area (Å²) in [4.78, 5) is 20.9. The number of aromatic nitrogens is 1. The minimum absolute atomic E-state index is 0.00202. The monoisotopic (exact) mass is 528 g/mol. The van der Waals surface area contributed by atoms with Gasteiger partial charge in [-0.25, -0.2) is 9.18 Å². The number of halogens is 1. The molecule has 1 fully saturated rings. The van der Waals surface area contributed by atoms with Crippen LogP contribution in [0.15, 0.2) is 72.8 Å². The molecule has 8 heteroatoms. The molecular formula is C31H33FN4O3. The highest BCUT2D eigenvalue weighted by molar-refractivity contribution is 5.90. The molecule has 0 saturated carbocycles. The number of nitrogens with zero attached hydrogens (tertiary/aromatic N) is 2. The van der Waals surface area contributed by atoms with Gasteiger partial charge in [-0.15, -0.1) is 0 Å². The molecule has 2 amide bonds. The molecule has 6 rings (SSSR count). The van der Waals surface area contributed by atoms with Crippen LogP contribution in [-0.2, 0) is 12.0 Å². The molecule has 1 atom stereocenters. The molecule has 2 aliphatic rings. The van der Waals surface area contributed by atoms with Gasteiger partial charge in [0.15, 0.2) is 0 Å². The van der Waals surface area contributed by atoms with Crippen molar-refractivity contribution >= 4 is 22.6 Å². The second-order valence-corrected chi connectivity index (χ2v) is 10.6. The van der Waals surface area contributed by atoms with Crippen molar-refractivity contribution in [2.45, 2.75) is 30.8 Å². The number of aromatic amines is 1. The molecule has 0 aliphatic carbocycles. The molecule has 3 heterocycles. The van der Waals surface area contributed by atoms with Crippen LogP contribution >= 0.6 is 0 Å². The number of nitrogens with one attached hydrogen (secondary N) is 2. The minimum atomic E-state index is -0.381. The van der Waals surface area contributed by atoms with Gasteiger partial charge in [0.25, 0.3) is 0 Å². The average molecular weight is 529 g/mol. The molecule has 1 saturated heterocycles. The number of ether oxygens (including phenoxy) is 1. The molecule has 3 aromatic carbocycles. The minimum Gasteiger partial charge on any atom is -0.497 e. The van der Waals surface area contributed by atoms with Crippen LogP contribution in [0.1, 0.15) is 35.7 Å². The fourth-order valence-electron chi connectivity index (χ4n) is 6.41. The van der Waals surface area contributed by atoms with E-state index in [-0.39, 0.29) is 29.9 Å². The van der Waals surface area contributed by atoms with Crippen molar-refractivity contribution in [1.82, 2.24) is 14.8 Å². The van der Waals surface area contributed by atoms with Gasteiger partial charge in [-0.1, -0.05) is 36.4 Å². The van der Waals surface area contributed by atoms with E-state index < -0.39 is 0 Å².